The summed E-state index contributed by atoms with van der Waals surface area (Å²) in [5.74, 6) is -0.0696. The van der Waals surface area contributed by atoms with Crippen molar-refractivity contribution in [2.45, 2.75) is 37.1 Å². The summed E-state index contributed by atoms with van der Waals surface area (Å²) in [6.45, 7) is 6.71. The average molecular weight is 401 g/mol. The van der Waals surface area contributed by atoms with Gasteiger partial charge < -0.3 is 10.6 Å². The number of rotatable bonds is 3. The number of nitrogens with one attached hydrogen (secondary N) is 2. The summed E-state index contributed by atoms with van der Waals surface area (Å²) >= 11 is 1.73. The van der Waals surface area contributed by atoms with E-state index in [2.05, 4.69) is 60.9 Å². The van der Waals surface area contributed by atoms with Crippen molar-refractivity contribution in [3.8, 4) is 0 Å². The summed E-state index contributed by atoms with van der Waals surface area (Å²) in [6.07, 6.45) is 2.08. The molecule has 0 fully saturated rings. The molecule has 1 amide bonds. The first-order valence-corrected chi connectivity index (χ1v) is 10.5. The van der Waals surface area contributed by atoms with E-state index in [9.17, 15) is 4.79 Å². The molecule has 29 heavy (non-hydrogen) atoms. The summed E-state index contributed by atoms with van der Waals surface area (Å²) in [6, 6.07) is 20.6. The van der Waals surface area contributed by atoms with E-state index >= 15 is 0 Å². The molecular formula is C25H24N2OS. The zero-order chi connectivity index (χ0) is 20.4. The number of allylic oxidation sites excluding steroid dienone is 1. The molecule has 3 nitrogen and oxygen atoms in total. The van der Waals surface area contributed by atoms with Gasteiger partial charge in [0.15, 0.2) is 0 Å². The van der Waals surface area contributed by atoms with Gasteiger partial charge in [-0.3, -0.25) is 4.79 Å². The molecule has 0 saturated heterocycles. The van der Waals surface area contributed by atoms with Crippen molar-refractivity contribution in [3.05, 3.63) is 94.6 Å². The molecule has 3 aromatic rings. The van der Waals surface area contributed by atoms with Crippen molar-refractivity contribution in [1.29, 1.82) is 0 Å². The molecule has 0 bridgehead atoms. The van der Waals surface area contributed by atoms with Gasteiger partial charge in [0, 0.05) is 33.2 Å². The first-order valence-electron chi connectivity index (χ1n) is 9.73. The Morgan fingerprint density at radius 3 is 2.45 bits per heavy atom. The van der Waals surface area contributed by atoms with Gasteiger partial charge in [0.2, 0.25) is 0 Å². The minimum absolute atomic E-state index is 0.0696. The Bertz CT molecular complexity index is 1100. The van der Waals surface area contributed by atoms with Crippen LogP contribution in [-0.2, 0) is 6.54 Å². The molecule has 0 aromatic heterocycles. The highest BCUT2D eigenvalue weighted by atomic mass is 32.2. The number of carbonyl (C=O) groups is 1. The van der Waals surface area contributed by atoms with E-state index < -0.39 is 0 Å². The quantitative estimate of drug-likeness (QED) is 0.552. The highest BCUT2D eigenvalue weighted by Gasteiger charge is 2.18. The molecule has 146 valence electrons. The van der Waals surface area contributed by atoms with Crippen molar-refractivity contribution in [2.75, 3.05) is 5.32 Å². The Morgan fingerprint density at radius 2 is 1.69 bits per heavy atom. The molecular weight excluding hydrogens is 376 g/mol. The predicted octanol–water partition coefficient (Wildman–Crippen LogP) is 6.17. The summed E-state index contributed by atoms with van der Waals surface area (Å²) in [7, 11) is 0. The second kappa shape index (κ2) is 8.18. The van der Waals surface area contributed by atoms with Crippen LogP contribution >= 0.6 is 11.8 Å². The van der Waals surface area contributed by atoms with Crippen LogP contribution in [0.15, 0.2) is 76.5 Å². The molecule has 0 spiro atoms. The molecule has 4 heteroatoms. The monoisotopic (exact) mass is 400 g/mol. The van der Waals surface area contributed by atoms with E-state index in [0.29, 0.717) is 12.1 Å². The zero-order valence-corrected chi connectivity index (χ0v) is 17.7. The third-order valence-electron chi connectivity index (χ3n) is 5.02. The van der Waals surface area contributed by atoms with Crippen LogP contribution in [-0.4, -0.2) is 5.91 Å². The molecule has 1 aliphatic rings. The fourth-order valence-electron chi connectivity index (χ4n) is 3.35. The van der Waals surface area contributed by atoms with Gasteiger partial charge in [-0.05, 0) is 56.7 Å². The normalized spacial score (nSPS) is 13.8. The molecule has 1 aliphatic heterocycles. The van der Waals surface area contributed by atoms with Gasteiger partial charge in [0.1, 0.15) is 0 Å². The van der Waals surface area contributed by atoms with E-state index in [1.165, 1.54) is 21.6 Å². The van der Waals surface area contributed by atoms with Gasteiger partial charge in [-0.1, -0.05) is 59.3 Å². The van der Waals surface area contributed by atoms with Crippen LogP contribution in [0.5, 0.6) is 0 Å². The van der Waals surface area contributed by atoms with E-state index in [-0.39, 0.29) is 5.91 Å². The molecule has 2 N–H and O–H groups in total. The number of amides is 1. The second-order valence-electron chi connectivity index (χ2n) is 7.31. The molecule has 0 unspecified atom stereocenters. The number of fused-ring (bicyclic) bond motifs is 2. The van der Waals surface area contributed by atoms with Crippen LogP contribution < -0.4 is 10.6 Å². The topological polar surface area (TPSA) is 41.1 Å². The Morgan fingerprint density at radius 1 is 0.966 bits per heavy atom. The largest absolute Gasteiger partial charge is 0.354 e. The van der Waals surface area contributed by atoms with Crippen molar-refractivity contribution in [2.24, 2.45) is 0 Å². The van der Waals surface area contributed by atoms with Crippen molar-refractivity contribution >= 4 is 29.1 Å². The van der Waals surface area contributed by atoms with E-state index in [4.69, 9.17) is 0 Å². The number of anilines is 1. The zero-order valence-electron chi connectivity index (χ0n) is 16.9. The number of hydrogen-bond donors (Lipinski definition) is 2. The molecule has 4 rings (SSSR count). The van der Waals surface area contributed by atoms with Crippen molar-refractivity contribution in [1.82, 2.24) is 5.32 Å². The Balaban J connectivity index is 1.56. The van der Waals surface area contributed by atoms with E-state index in [1.54, 1.807) is 11.8 Å². The maximum atomic E-state index is 12.7. The molecule has 3 aromatic carbocycles. The summed E-state index contributed by atoms with van der Waals surface area (Å²) in [5.41, 5.74) is 7.40. The lowest BCUT2D eigenvalue weighted by Crippen LogP contribution is -2.22. The molecule has 0 radical (unpaired) electrons. The summed E-state index contributed by atoms with van der Waals surface area (Å²) in [5, 5.41) is 6.55. The molecule has 0 saturated carbocycles. The van der Waals surface area contributed by atoms with E-state index in [0.717, 1.165) is 21.8 Å². The Labute approximate surface area is 176 Å². The molecule has 1 heterocycles. The SMILES string of the molecule is CC=C1Nc2cc(C(=O)NCc3ccc(C)cc3)ccc2Sc2ccc(C)cc21. The summed E-state index contributed by atoms with van der Waals surface area (Å²) in [4.78, 5) is 15.0. The Kier molecular flexibility index (Phi) is 5.45. The summed E-state index contributed by atoms with van der Waals surface area (Å²) < 4.78 is 0. The van der Waals surface area contributed by atoms with Crippen LogP contribution in [0.2, 0.25) is 0 Å². The fourth-order valence-corrected chi connectivity index (χ4v) is 4.36. The van der Waals surface area contributed by atoms with Crippen LogP contribution in [0.25, 0.3) is 5.70 Å². The average Bonchev–Trinajstić information content (AvgIpc) is 2.88. The van der Waals surface area contributed by atoms with E-state index in [1.807, 2.05) is 37.3 Å². The Hall–Kier alpha value is -2.98. The van der Waals surface area contributed by atoms with Crippen LogP contribution in [0.3, 0.4) is 0 Å². The van der Waals surface area contributed by atoms with Crippen LogP contribution in [0.4, 0.5) is 5.69 Å². The van der Waals surface area contributed by atoms with Gasteiger partial charge in [-0.15, -0.1) is 0 Å². The fraction of sp³-hybridized carbons (Fsp3) is 0.160. The molecule has 0 aliphatic carbocycles. The van der Waals surface area contributed by atoms with Crippen LogP contribution in [0.1, 0.15) is 39.5 Å². The lowest BCUT2D eigenvalue weighted by Gasteiger charge is -2.12. The minimum atomic E-state index is -0.0696. The smallest absolute Gasteiger partial charge is 0.251 e. The lowest BCUT2D eigenvalue weighted by atomic mass is 10.1. The first kappa shape index (κ1) is 19.3. The number of aryl methyl sites for hydroxylation is 2. The third-order valence-corrected chi connectivity index (χ3v) is 6.17. The maximum Gasteiger partial charge on any atom is 0.251 e. The predicted molar refractivity (Wildman–Crippen MR) is 121 cm³/mol. The highest BCUT2D eigenvalue weighted by Crippen LogP contribution is 2.42. The minimum Gasteiger partial charge on any atom is -0.354 e. The van der Waals surface area contributed by atoms with Crippen molar-refractivity contribution < 1.29 is 4.79 Å². The second-order valence-corrected chi connectivity index (χ2v) is 8.39. The van der Waals surface area contributed by atoms with Gasteiger partial charge >= 0.3 is 0 Å². The standard InChI is InChI=1S/C25H24N2OS/c1-4-21-20-13-17(3)7-11-23(20)29-24-12-10-19(14-22(24)27-21)25(28)26-15-18-8-5-16(2)6-9-18/h4-14,27H,15H2,1-3H3,(H,26,28). The highest BCUT2D eigenvalue weighted by molar-refractivity contribution is 7.99. The first-order chi connectivity index (χ1) is 14.0. The van der Waals surface area contributed by atoms with Gasteiger partial charge in [0.25, 0.3) is 5.91 Å². The van der Waals surface area contributed by atoms with Crippen molar-refractivity contribution in [3.63, 3.8) is 0 Å². The van der Waals surface area contributed by atoms with Crippen LogP contribution in [0, 0.1) is 13.8 Å². The lowest BCUT2D eigenvalue weighted by molar-refractivity contribution is 0.0951. The maximum absolute atomic E-state index is 12.7. The van der Waals surface area contributed by atoms with Gasteiger partial charge in [0.05, 0.1) is 5.69 Å². The number of hydrogen-bond acceptors (Lipinski definition) is 3. The van der Waals surface area contributed by atoms with Gasteiger partial charge in [-0.25, -0.2) is 0 Å². The number of benzene rings is 3. The molecule has 0 atom stereocenters. The third kappa shape index (κ3) is 4.22. The number of carbonyl (C=O) groups excluding carboxylic acids is 1. The van der Waals surface area contributed by atoms with Gasteiger partial charge in [-0.2, -0.15) is 0 Å².